The molecule has 1 aromatic heterocycles. The Morgan fingerprint density at radius 2 is 2.00 bits per heavy atom. The van der Waals surface area contributed by atoms with Gasteiger partial charge in [0.25, 0.3) is 0 Å². The Morgan fingerprint density at radius 3 is 2.52 bits per heavy atom. The lowest BCUT2D eigenvalue weighted by atomic mass is 10.1. The fourth-order valence-electron chi connectivity index (χ4n) is 2.64. The Bertz CT molecular complexity index is 674. The molecule has 0 amide bonds. The molecular weight excluding hydrogens is 284 g/mol. The zero-order valence-corrected chi connectivity index (χ0v) is 13.8. The minimum absolute atomic E-state index is 0.0879. The molecule has 21 heavy (non-hydrogen) atoms. The zero-order valence-electron chi connectivity index (χ0n) is 13.0. The van der Waals surface area contributed by atoms with Crippen LogP contribution in [-0.4, -0.2) is 15.6 Å². The number of hydrogen-bond donors (Lipinski definition) is 0. The minimum Gasteiger partial charge on any atom is -0.294 e. The third-order valence-electron chi connectivity index (χ3n) is 3.68. The van der Waals surface area contributed by atoms with Crippen molar-refractivity contribution in [2.24, 2.45) is 0 Å². The summed E-state index contributed by atoms with van der Waals surface area (Å²) in [7, 11) is 0. The maximum Gasteiger partial charge on any atom is 0.163 e. The molecule has 0 aliphatic carbocycles. The first kappa shape index (κ1) is 15.8. The molecule has 0 aliphatic rings. The van der Waals surface area contributed by atoms with Crippen molar-refractivity contribution < 1.29 is 4.79 Å². The first-order valence-electron chi connectivity index (χ1n) is 7.32. The Labute approximate surface area is 130 Å². The number of aromatic nitrogens is 2. The van der Waals surface area contributed by atoms with Crippen molar-refractivity contribution >= 4 is 17.4 Å². The van der Waals surface area contributed by atoms with E-state index in [-0.39, 0.29) is 5.78 Å². The monoisotopic (exact) mass is 304 g/mol. The average molecular weight is 305 g/mol. The van der Waals surface area contributed by atoms with Crippen LogP contribution >= 0.6 is 11.6 Å². The summed E-state index contributed by atoms with van der Waals surface area (Å²) in [6.07, 6.45) is 1.54. The molecule has 0 saturated carbocycles. The van der Waals surface area contributed by atoms with Crippen LogP contribution in [0, 0.1) is 6.92 Å². The number of ketones is 1. The van der Waals surface area contributed by atoms with E-state index in [2.05, 4.69) is 12.0 Å². The highest BCUT2D eigenvalue weighted by Gasteiger charge is 2.19. The molecule has 0 unspecified atom stereocenters. The average Bonchev–Trinajstić information content (AvgIpc) is 2.79. The molecule has 4 heteroatoms. The number of nitrogens with zero attached hydrogens (tertiary/aromatic N) is 2. The van der Waals surface area contributed by atoms with Crippen molar-refractivity contribution in [3.63, 3.8) is 0 Å². The quantitative estimate of drug-likeness (QED) is 0.775. The van der Waals surface area contributed by atoms with E-state index in [1.54, 1.807) is 6.92 Å². The molecule has 0 N–H and O–H groups in total. The number of Topliss-reactive ketones (excluding diaryl/α,β-unsaturated/α-hetero) is 1. The third kappa shape index (κ3) is 3.18. The number of aryl methyl sites for hydroxylation is 2. The lowest BCUT2D eigenvalue weighted by molar-refractivity contribution is 0.101. The Balaban J connectivity index is 2.46. The molecule has 0 atom stereocenters. The van der Waals surface area contributed by atoms with E-state index in [9.17, 15) is 4.79 Å². The van der Waals surface area contributed by atoms with Crippen LogP contribution in [0.1, 0.15) is 53.6 Å². The van der Waals surface area contributed by atoms with Gasteiger partial charge in [0, 0.05) is 10.7 Å². The van der Waals surface area contributed by atoms with Gasteiger partial charge in [-0.3, -0.25) is 9.48 Å². The summed E-state index contributed by atoms with van der Waals surface area (Å²) in [5, 5.41) is 5.36. The molecular formula is C17H21ClN2O. The highest BCUT2D eigenvalue weighted by Crippen LogP contribution is 2.22. The summed E-state index contributed by atoms with van der Waals surface area (Å²) >= 11 is 6.31. The van der Waals surface area contributed by atoms with Crippen molar-refractivity contribution in [1.82, 2.24) is 9.78 Å². The first-order chi connectivity index (χ1) is 9.97. The molecule has 0 aliphatic heterocycles. The second-order valence-electron chi connectivity index (χ2n) is 5.28. The lowest BCUT2D eigenvalue weighted by Gasteiger charge is -2.09. The van der Waals surface area contributed by atoms with E-state index in [0.717, 1.165) is 45.9 Å². The highest BCUT2D eigenvalue weighted by molar-refractivity contribution is 6.31. The van der Waals surface area contributed by atoms with Gasteiger partial charge in [-0.1, -0.05) is 37.6 Å². The van der Waals surface area contributed by atoms with Crippen LogP contribution in [0.2, 0.25) is 5.02 Å². The van der Waals surface area contributed by atoms with Gasteiger partial charge in [-0.2, -0.15) is 5.10 Å². The lowest BCUT2D eigenvalue weighted by Crippen LogP contribution is -2.08. The van der Waals surface area contributed by atoms with E-state index in [1.165, 1.54) is 0 Å². The van der Waals surface area contributed by atoms with Crippen LogP contribution < -0.4 is 0 Å². The fraction of sp³-hybridized carbons (Fsp3) is 0.412. The second kappa shape index (κ2) is 6.44. The largest absolute Gasteiger partial charge is 0.294 e. The number of benzene rings is 1. The summed E-state index contributed by atoms with van der Waals surface area (Å²) in [6, 6.07) is 6.03. The van der Waals surface area contributed by atoms with Crippen molar-refractivity contribution in [3.8, 4) is 0 Å². The summed E-state index contributed by atoms with van der Waals surface area (Å²) < 4.78 is 1.92. The summed E-state index contributed by atoms with van der Waals surface area (Å²) in [5.74, 6) is 0.0879. The van der Waals surface area contributed by atoms with Gasteiger partial charge in [0.05, 0.1) is 17.8 Å². The smallest absolute Gasteiger partial charge is 0.163 e. The van der Waals surface area contributed by atoms with Crippen molar-refractivity contribution in [2.45, 2.75) is 47.1 Å². The van der Waals surface area contributed by atoms with Gasteiger partial charge in [-0.25, -0.2) is 0 Å². The Hall–Kier alpha value is -1.61. The molecule has 0 bridgehead atoms. The van der Waals surface area contributed by atoms with E-state index in [4.69, 9.17) is 11.6 Å². The summed E-state index contributed by atoms with van der Waals surface area (Å²) in [4.78, 5) is 11.9. The maximum atomic E-state index is 11.9. The van der Waals surface area contributed by atoms with Gasteiger partial charge >= 0.3 is 0 Å². The third-order valence-corrected chi connectivity index (χ3v) is 4.03. The number of carbonyl (C=O) groups excluding carboxylic acids is 1. The zero-order chi connectivity index (χ0) is 15.6. The predicted molar refractivity (Wildman–Crippen MR) is 86.3 cm³/mol. The standard InChI is InChI=1S/C17H21ClN2O/c1-5-15-17(12(4)21)16(6-2)20(19-15)10-13-8-7-11(3)9-14(13)18/h7-9H,5-6,10H2,1-4H3. The Morgan fingerprint density at radius 1 is 1.29 bits per heavy atom. The topological polar surface area (TPSA) is 34.9 Å². The molecule has 112 valence electrons. The molecule has 1 heterocycles. The minimum atomic E-state index is 0.0879. The van der Waals surface area contributed by atoms with Crippen LogP contribution in [0.4, 0.5) is 0 Å². The molecule has 0 fully saturated rings. The van der Waals surface area contributed by atoms with Gasteiger partial charge in [0.2, 0.25) is 0 Å². The Kier molecular flexibility index (Phi) is 4.84. The normalized spacial score (nSPS) is 10.9. The molecule has 2 rings (SSSR count). The van der Waals surface area contributed by atoms with Gasteiger partial charge in [-0.05, 0) is 43.9 Å². The van der Waals surface area contributed by atoms with Crippen LogP contribution in [-0.2, 0) is 19.4 Å². The maximum absolute atomic E-state index is 11.9. The van der Waals surface area contributed by atoms with E-state index < -0.39 is 0 Å². The molecule has 1 aromatic carbocycles. The van der Waals surface area contributed by atoms with Crippen molar-refractivity contribution in [1.29, 1.82) is 0 Å². The van der Waals surface area contributed by atoms with Gasteiger partial charge in [0.1, 0.15) is 0 Å². The molecule has 0 saturated heterocycles. The number of halogens is 1. The van der Waals surface area contributed by atoms with Crippen molar-refractivity contribution in [3.05, 3.63) is 51.3 Å². The van der Waals surface area contributed by atoms with Crippen LogP contribution in [0.5, 0.6) is 0 Å². The van der Waals surface area contributed by atoms with Gasteiger partial charge in [-0.15, -0.1) is 0 Å². The number of rotatable bonds is 5. The van der Waals surface area contributed by atoms with Crippen LogP contribution in [0.25, 0.3) is 0 Å². The SMILES string of the molecule is CCc1nn(Cc2ccc(C)cc2Cl)c(CC)c1C(C)=O. The summed E-state index contributed by atoms with van der Waals surface area (Å²) in [6.45, 7) is 8.30. The van der Waals surface area contributed by atoms with Crippen molar-refractivity contribution in [2.75, 3.05) is 0 Å². The first-order valence-corrected chi connectivity index (χ1v) is 7.70. The van der Waals surface area contributed by atoms with E-state index >= 15 is 0 Å². The summed E-state index contributed by atoms with van der Waals surface area (Å²) in [5.41, 5.74) is 4.82. The van der Waals surface area contributed by atoms with Crippen LogP contribution in [0.15, 0.2) is 18.2 Å². The molecule has 0 spiro atoms. The molecule has 2 aromatic rings. The number of hydrogen-bond acceptors (Lipinski definition) is 2. The molecule has 0 radical (unpaired) electrons. The van der Waals surface area contributed by atoms with Gasteiger partial charge < -0.3 is 0 Å². The van der Waals surface area contributed by atoms with Gasteiger partial charge in [0.15, 0.2) is 5.78 Å². The highest BCUT2D eigenvalue weighted by atomic mass is 35.5. The second-order valence-corrected chi connectivity index (χ2v) is 5.69. The number of carbonyl (C=O) groups is 1. The van der Waals surface area contributed by atoms with E-state index in [0.29, 0.717) is 6.54 Å². The van der Waals surface area contributed by atoms with Crippen LogP contribution in [0.3, 0.4) is 0 Å². The molecule has 3 nitrogen and oxygen atoms in total. The fourth-order valence-corrected chi connectivity index (χ4v) is 2.93. The van der Waals surface area contributed by atoms with E-state index in [1.807, 2.05) is 36.7 Å². The predicted octanol–water partition coefficient (Wildman–Crippen LogP) is 4.22.